The Labute approximate surface area is 123 Å². The van der Waals surface area contributed by atoms with Crippen LogP contribution in [0.3, 0.4) is 0 Å². The number of ether oxygens (including phenoxy) is 1. The molecule has 6 heteroatoms. The molecule has 0 aromatic carbocycles. The average Bonchev–Trinajstić information content (AvgIpc) is 2.84. The van der Waals surface area contributed by atoms with E-state index >= 15 is 0 Å². The second-order valence-electron chi connectivity index (χ2n) is 5.06. The van der Waals surface area contributed by atoms with E-state index < -0.39 is 10.8 Å². The predicted molar refractivity (Wildman–Crippen MR) is 78.7 cm³/mol. The molecular weight excluding hydrogens is 276 g/mol. The normalized spacial score (nSPS) is 15.6. The lowest BCUT2D eigenvalue weighted by Gasteiger charge is -2.22. The lowest BCUT2D eigenvalue weighted by atomic mass is 9.99. The maximum absolute atomic E-state index is 12.7. The Morgan fingerprint density at radius 2 is 2.25 bits per heavy atom. The van der Waals surface area contributed by atoms with Gasteiger partial charge in [-0.05, 0) is 12.3 Å². The van der Waals surface area contributed by atoms with Gasteiger partial charge in [-0.15, -0.1) is 0 Å². The van der Waals surface area contributed by atoms with Gasteiger partial charge in [0.2, 0.25) is 0 Å². The zero-order valence-corrected chi connectivity index (χ0v) is 13.5. The summed E-state index contributed by atoms with van der Waals surface area (Å²) >= 11 is 0. The highest BCUT2D eigenvalue weighted by Gasteiger charge is 2.28. The number of carbonyl (C=O) groups excluding carboxylic acids is 1. The Bertz CT molecular complexity index is 459. The first-order chi connectivity index (χ1) is 9.51. The molecular formula is C14H24N2O3S. The number of hydrogen-bond donors (Lipinski definition) is 0. The molecule has 0 fully saturated rings. The molecule has 20 heavy (non-hydrogen) atoms. The third kappa shape index (κ3) is 4.44. The van der Waals surface area contributed by atoms with Gasteiger partial charge in [0.15, 0.2) is 5.16 Å². The minimum Gasteiger partial charge on any atom is -0.469 e. The van der Waals surface area contributed by atoms with E-state index in [0.29, 0.717) is 11.6 Å². The van der Waals surface area contributed by atoms with Gasteiger partial charge in [0.05, 0.1) is 17.9 Å². The number of methoxy groups -OCH3 is 1. The fourth-order valence-electron chi connectivity index (χ4n) is 2.17. The van der Waals surface area contributed by atoms with Crippen molar-refractivity contribution in [3.8, 4) is 0 Å². The van der Waals surface area contributed by atoms with Crippen LogP contribution in [0, 0.1) is 5.92 Å². The molecule has 5 nitrogen and oxygen atoms in total. The van der Waals surface area contributed by atoms with Gasteiger partial charge in [0, 0.05) is 31.1 Å². The Hall–Kier alpha value is -1.17. The summed E-state index contributed by atoms with van der Waals surface area (Å²) in [6.45, 7) is 4.06. The van der Waals surface area contributed by atoms with E-state index in [1.54, 1.807) is 17.0 Å². The van der Waals surface area contributed by atoms with Crippen molar-refractivity contribution in [3.05, 3.63) is 12.4 Å². The molecule has 0 bridgehead atoms. The molecule has 0 radical (unpaired) electrons. The molecule has 1 aromatic rings. The summed E-state index contributed by atoms with van der Waals surface area (Å²) in [6, 6.07) is 0. The van der Waals surface area contributed by atoms with Crippen LogP contribution < -0.4 is 0 Å². The number of esters is 1. The third-order valence-electron chi connectivity index (χ3n) is 3.43. The number of imidazole rings is 1. The zero-order valence-electron chi connectivity index (χ0n) is 12.7. The number of aromatic nitrogens is 2. The quantitative estimate of drug-likeness (QED) is 0.691. The van der Waals surface area contributed by atoms with Gasteiger partial charge in [0.25, 0.3) is 0 Å². The van der Waals surface area contributed by atoms with Crippen LogP contribution in [0.1, 0.15) is 39.5 Å². The summed E-state index contributed by atoms with van der Waals surface area (Å²) in [5, 5.41) is 0.498. The van der Waals surface area contributed by atoms with Gasteiger partial charge < -0.3 is 9.30 Å². The lowest BCUT2D eigenvalue weighted by molar-refractivity contribution is -0.141. The maximum atomic E-state index is 12.7. The van der Waals surface area contributed by atoms with Gasteiger partial charge in [0.1, 0.15) is 0 Å². The van der Waals surface area contributed by atoms with Crippen molar-refractivity contribution in [2.45, 2.75) is 49.9 Å². The first-order valence-electron chi connectivity index (χ1n) is 6.95. The van der Waals surface area contributed by atoms with Crippen LogP contribution in [-0.2, 0) is 27.4 Å². The highest BCUT2D eigenvalue weighted by molar-refractivity contribution is 7.85. The molecule has 0 aliphatic rings. The van der Waals surface area contributed by atoms with Crippen LogP contribution in [0.25, 0.3) is 0 Å². The van der Waals surface area contributed by atoms with E-state index in [-0.39, 0.29) is 17.1 Å². The van der Waals surface area contributed by atoms with Crippen LogP contribution >= 0.6 is 0 Å². The van der Waals surface area contributed by atoms with Crippen molar-refractivity contribution in [1.82, 2.24) is 9.55 Å². The standard InChI is InChI=1S/C14H24N2O3S/c1-5-6-7-12(11(2)10-13(17)19-4)20(18)14-15-8-9-16(14)3/h8-9,11-12H,5-7,10H2,1-4H3/t11-,12-,20?/m0/s1. The van der Waals surface area contributed by atoms with Gasteiger partial charge in [-0.1, -0.05) is 26.7 Å². The third-order valence-corrected chi connectivity index (χ3v) is 5.43. The van der Waals surface area contributed by atoms with Crippen molar-refractivity contribution < 1.29 is 13.7 Å². The first-order valence-corrected chi connectivity index (χ1v) is 8.17. The number of rotatable bonds is 8. The minimum absolute atomic E-state index is 0.00605. The second-order valence-corrected chi connectivity index (χ2v) is 6.62. The molecule has 0 N–H and O–H groups in total. The Balaban J connectivity index is 2.85. The molecule has 0 aliphatic heterocycles. The Morgan fingerprint density at radius 3 is 2.75 bits per heavy atom. The maximum Gasteiger partial charge on any atom is 0.305 e. The summed E-state index contributed by atoms with van der Waals surface area (Å²) in [6.07, 6.45) is 6.59. The highest BCUT2D eigenvalue weighted by Crippen LogP contribution is 2.24. The molecule has 0 saturated heterocycles. The highest BCUT2D eigenvalue weighted by atomic mass is 32.2. The summed E-state index contributed by atoms with van der Waals surface area (Å²) < 4.78 is 19.2. The average molecular weight is 300 g/mol. The smallest absolute Gasteiger partial charge is 0.305 e. The van der Waals surface area contributed by atoms with Gasteiger partial charge in [-0.2, -0.15) is 0 Å². The molecule has 1 unspecified atom stereocenters. The fourth-order valence-corrected chi connectivity index (χ4v) is 3.85. The van der Waals surface area contributed by atoms with Crippen molar-refractivity contribution in [3.63, 3.8) is 0 Å². The second kappa shape index (κ2) is 8.19. The molecule has 0 aliphatic carbocycles. The largest absolute Gasteiger partial charge is 0.469 e. The van der Waals surface area contributed by atoms with Crippen LogP contribution in [0.4, 0.5) is 0 Å². The number of aryl methyl sites for hydroxylation is 1. The molecule has 0 amide bonds. The van der Waals surface area contributed by atoms with Crippen molar-refractivity contribution in [1.29, 1.82) is 0 Å². The summed E-state index contributed by atoms with van der Waals surface area (Å²) in [5.74, 6) is -0.248. The Kier molecular flexibility index (Phi) is 6.91. The molecule has 3 atom stereocenters. The van der Waals surface area contributed by atoms with E-state index in [0.717, 1.165) is 19.3 Å². The summed E-state index contributed by atoms with van der Waals surface area (Å²) in [5.41, 5.74) is 0. The molecule has 1 heterocycles. The van der Waals surface area contributed by atoms with Gasteiger partial charge in [-0.3, -0.25) is 9.00 Å². The molecule has 114 valence electrons. The zero-order chi connectivity index (χ0) is 15.1. The summed E-state index contributed by atoms with van der Waals surface area (Å²) in [7, 11) is 2.01. The van der Waals surface area contributed by atoms with E-state index in [1.165, 1.54) is 7.11 Å². The predicted octanol–water partition coefficient (Wildman–Crippen LogP) is 2.29. The number of carbonyl (C=O) groups is 1. The SMILES string of the molecule is CCCC[C@@H]([C@@H](C)CC(=O)OC)S(=O)c1nccn1C. The van der Waals surface area contributed by atoms with Crippen molar-refractivity contribution in [2.24, 2.45) is 13.0 Å². The van der Waals surface area contributed by atoms with Gasteiger partial charge in [-0.25, -0.2) is 4.98 Å². The van der Waals surface area contributed by atoms with Crippen LogP contribution in [0.5, 0.6) is 0 Å². The molecule has 0 spiro atoms. The fraction of sp³-hybridized carbons (Fsp3) is 0.714. The number of unbranched alkanes of at least 4 members (excludes halogenated alkanes) is 1. The van der Waals surface area contributed by atoms with E-state index in [4.69, 9.17) is 4.74 Å². The Morgan fingerprint density at radius 1 is 1.55 bits per heavy atom. The van der Waals surface area contributed by atoms with Crippen molar-refractivity contribution >= 4 is 16.8 Å². The number of nitrogens with zero attached hydrogens (tertiary/aromatic N) is 2. The van der Waals surface area contributed by atoms with Crippen molar-refractivity contribution in [2.75, 3.05) is 7.11 Å². The van der Waals surface area contributed by atoms with Crippen LogP contribution in [0.2, 0.25) is 0 Å². The molecule has 1 aromatic heterocycles. The molecule has 1 rings (SSSR count). The van der Waals surface area contributed by atoms with Crippen LogP contribution in [-0.4, -0.2) is 32.1 Å². The van der Waals surface area contributed by atoms with E-state index in [2.05, 4.69) is 11.9 Å². The number of hydrogen-bond acceptors (Lipinski definition) is 4. The van der Waals surface area contributed by atoms with Crippen LogP contribution in [0.15, 0.2) is 17.6 Å². The minimum atomic E-state index is -1.21. The first kappa shape index (κ1) is 16.9. The topological polar surface area (TPSA) is 61.2 Å². The lowest BCUT2D eigenvalue weighted by Crippen LogP contribution is -2.27. The van der Waals surface area contributed by atoms with E-state index in [9.17, 15) is 9.00 Å². The summed E-state index contributed by atoms with van der Waals surface area (Å²) in [4.78, 5) is 15.6. The monoisotopic (exact) mass is 300 g/mol. The van der Waals surface area contributed by atoms with Gasteiger partial charge >= 0.3 is 5.97 Å². The van der Waals surface area contributed by atoms with E-state index in [1.807, 2.05) is 14.0 Å². The molecule has 0 saturated carbocycles.